The number of ketones is 1. The second-order valence-electron chi connectivity index (χ2n) is 6.74. The Morgan fingerprint density at radius 2 is 1.57 bits per heavy atom. The van der Waals surface area contributed by atoms with Crippen LogP contribution in [0.4, 0.5) is 0 Å². The molecular weight excluding hydrogens is 412 g/mol. The normalized spacial score (nSPS) is 10.6. The summed E-state index contributed by atoms with van der Waals surface area (Å²) in [6.45, 7) is 2.81. The number of hydrogen-bond donors (Lipinski definition) is 0. The van der Waals surface area contributed by atoms with Crippen molar-refractivity contribution in [3.63, 3.8) is 0 Å². The van der Waals surface area contributed by atoms with Gasteiger partial charge in [-0.15, -0.1) is 0 Å². The van der Waals surface area contributed by atoms with Crippen LogP contribution >= 0.6 is 15.9 Å². The first-order valence-electron chi connectivity index (χ1n) is 9.74. The first-order valence-corrected chi connectivity index (χ1v) is 10.9. The van der Waals surface area contributed by atoms with Gasteiger partial charge in [0, 0.05) is 16.5 Å². The summed E-state index contributed by atoms with van der Waals surface area (Å²) in [5.74, 6) is 0.933. The minimum Gasteiger partial charge on any atom is -0.493 e. The molecule has 3 aromatic rings. The topological polar surface area (TPSA) is 26.3 Å². The zero-order chi connectivity index (χ0) is 19.8. The van der Waals surface area contributed by atoms with Crippen LogP contribution in [0.15, 0.2) is 72.8 Å². The van der Waals surface area contributed by atoms with Crippen LogP contribution in [0.2, 0.25) is 0 Å². The third-order valence-electron chi connectivity index (χ3n) is 4.63. The van der Waals surface area contributed by atoms with Gasteiger partial charge in [0.2, 0.25) is 0 Å². The van der Waals surface area contributed by atoms with Crippen molar-refractivity contribution in [1.29, 1.82) is 0 Å². The summed E-state index contributed by atoms with van der Waals surface area (Å²) in [6.07, 6.45) is 2.87. The highest BCUT2D eigenvalue weighted by Crippen LogP contribution is 2.25. The SMILES string of the molecule is CCCc1cc(C(=O)c2ccc(-c3ccccc3)cc2)ccc1OCCCBr. The van der Waals surface area contributed by atoms with E-state index in [2.05, 4.69) is 35.0 Å². The molecule has 0 saturated carbocycles. The Morgan fingerprint density at radius 3 is 2.25 bits per heavy atom. The molecule has 3 rings (SSSR count). The van der Waals surface area contributed by atoms with Gasteiger partial charge in [-0.1, -0.05) is 83.9 Å². The fourth-order valence-electron chi connectivity index (χ4n) is 3.17. The van der Waals surface area contributed by atoms with Crippen molar-refractivity contribution in [3.8, 4) is 16.9 Å². The van der Waals surface area contributed by atoms with Crippen LogP contribution in [0.5, 0.6) is 5.75 Å². The summed E-state index contributed by atoms with van der Waals surface area (Å²) in [5, 5.41) is 0.922. The number of carbonyl (C=O) groups is 1. The van der Waals surface area contributed by atoms with E-state index < -0.39 is 0 Å². The second kappa shape index (κ2) is 10.2. The molecule has 144 valence electrons. The summed E-state index contributed by atoms with van der Waals surface area (Å²) in [7, 11) is 0. The molecule has 0 atom stereocenters. The van der Waals surface area contributed by atoms with Gasteiger partial charge >= 0.3 is 0 Å². The molecule has 0 spiro atoms. The van der Waals surface area contributed by atoms with E-state index in [1.807, 2.05) is 60.7 Å². The Kier molecular flexibility index (Phi) is 7.44. The van der Waals surface area contributed by atoms with Crippen molar-refractivity contribution >= 4 is 21.7 Å². The smallest absolute Gasteiger partial charge is 0.193 e. The fraction of sp³-hybridized carbons (Fsp3) is 0.240. The average molecular weight is 437 g/mol. The van der Waals surface area contributed by atoms with Crippen molar-refractivity contribution < 1.29 is 9.53 Å². The Bertz CT molecular complexity index is 902. The van der Waals surface area contributed by atoms with Crippen molar-refractivity contribution in [1.82, 2.24) is 0 Å². The van der Waals surface area contributed by atoms with E-state index in [0.717, 1.165) is 47.0 Å². The van der Waals surface area contributed by atoms with Crippen LogP contribution < -0.4 is 4.74 Å². The number of halogens is 1. The lowest BCUT2D eigenvalue weighted by molar-refractivity contribution is 0.103. The van der Waals surface area contributed by atoms with Crippen molar-refractivity contribution in [2.45, 2.75) is 26.2 Å². The molecule has 3 aromatic carbocycles. The zero-order valence-corrected chi connectivity index (χ0v) is 17.7. The molecule has 0 fully saturated rings. The van der Waals surface area contributed by atoms with Crippen molar-refractivity contribution in [2.75, 3.05) is 11.9 Å². The van der Waals surface area contributed by atoms with Gasteiger partial charge in [-0.05, 0) is 47.7 Å². The monoisotopic (exact) mass is 436 g/mol. The lowest BCUT2D eigenvalue weighted by Crippen LogP contribution is -2.05. The van der Waals surface area contributed by atoms with Crippen LogP contribution in [-0.2, 0) is 6.42 Å². The lowest BCUT2D eigenvalue weighted by atomic mass is 9.97. The number of rotatable bonds is 9. The number of benzene rings is 3. The highest BCUT2D eigenvalue weighted by atomic mass is 79.9. The second-order valence-corrected chi connectivity index (χ2v) is 7.53. The van der Waals surface area contributed by atoms with Gasteiger partial charge in [0.15, 0.2) is 5.78 Å². The van der Waals surface area contributed by atoms with E-state index in [0.29, 0.717) is 17.7 Å². The van der Waals surface area contributed by atoms with E-state index in [1.54, 1.807) is 0 Å². The largest absolute Gasteiger partial charge is 0.493 e. The maximum atomic E-state index is 13.0. The summed E-state index contributed by atoms with van der Waals surface area (Å²) >= 11 is 3.42. The lowest BCUT2D eigenvalue weighted by Gasteiger charge is -2.12. The maximum absolute atomic E-state index is 13.0. The van der Waals surface area contributed by atoms with Gasteiger partial charge in [0.25, 0.3) is 0 Å². The Balaban J connectivity index is 1.80. The van der Waals surface area contributed by atoms with E-state index in [1.165, 1.54) is 0 Å². The molecule has 0 N–H and O–H groups in total. The van der Waals surface area contributed by atoms with Crippen LogP contribution in [0.1, 0.15) is 41.3 Å². The highest BCUT2D eigenvalue weighted by molar-refractivity contribution is 9.09. The van der Waals surface area contributed by atoms with E-state index in [4.69, 9.17) is 4.74 Å². The molecule has 0 unspecified atom stereocenters. The van der Waals surface area contributed by atoms with Gasteiger partial charge in [-0.2, -0.15) is 0 Å². The molecule has 3 heteroatoms. The third-order valence-corrected chi connectivity index (χ3v) is 5.19. The molecule has 0 radical (unpaired) electrons. The summed E-state index contributed by atoms with van der Waals surface area (Å²) in [4.78, 5) is 13.0. The summed E-state index contributed by atoms with van der Waals surface area (Å²) in [6, 6.07) is 23.8. The Hall–Kier alpha value is -2.39. The predicted octanol–water partition coefficient (Wildman–Crippen LogP) is 6.70. The highest BCUT2D eigenvalue weighted by Gasteiger charge is 2.13. The third kappa shape index (κ3) is 5.11. The standard InChI is InChI=1S/C25H25BrO2/c1-2-7-22-18-23(14-15-24(22)28-17-6-16-26)25(27)21-12-10-20(11-13-21)19-8-4-3-5-9-19/h3-5,8-15,18H,2,6-7,16-17H2,1H3. The van der Waals surface area contributed by atoms with Crippen molar-refractivity contribution in [2.24, 2.45) is 0 Å². The number of carbonyl (C=O) groups excluding carboxylic acids is 1. The predicted molar refractivity (Wildman–Crippen MR) is 120 cm³/mol. The Labute approximate surface area is 175 Å². The molecule has 28 heavy (non-hydrogen) atoms. The van der Waals surface area contributed by atoms with Crippen LogP contribution in [0.3, 0.4) is 0 Å². The molecule has 0 aliphatic carbocycles. The zero-order valence-electron chi connectivity index (χ0n) is 16.2. The first-order chi connectivity index (χ1) is 13.7. The van der Waals surface area contributed by atoms with Crippen molar-refractivity contribution in [3.05, 3.63) is 89.5 Å². The maximum Gasteiger partial charge on any atom is 0.193 e. The average Bonchev–Trinajstić information content (AvgIpc) is 2.75. The molecule has 0 aliphatic rings. The van der Waals surface area contributed by atoms with Gasteiger partial charge < -0.3 is 4.74 Å². The van der Waals surface area contributed by atoms with Crippen LogP contribution in [0.25, 0.3) is 11.1 Å². The molecule has 0 saturated heterocycles. The van der Waals surface area contributed by atoms with E-state index in [9.17, 15) is 4.79 Å². The minimum absolute atomic E-state index is 0.0453. The molecule has 0 aliphatic heterocycles. The summed E-state index contributed by atoms with van der Waals surface area (Å²) in [5.41, 5.74) is 4.78. The fourth-order valence-corrected chi connectivity index (χ4v) is 3.40. The van der Waals surface area contributed by atoms with Gasteiger partial charge in [0.05, 0.1) is 6.61 Å². The van der Waals surface area contributed by atoms with Gasteiger partial charge in [-0.25, -0.2) is 0 Å². The van der Waals surface area contributed by atoms with Gasteiger partial charge in [-0.3, -0.25) is 4.79 Å². The van der Waals surface area contributed by atoms with E-state index >= 15 is 0 Å². The summed E-state index contributed by atoms with van der Waals surface area (Å²) < 4.78 is 5.89. The van der Waals surface area contributed by atoms with Crippen LogP contribution in [-0.4, -0.2) is 17.7 Å². The first kappa shape index (κ1) is 20.3. The molecule has 0 aromatic heterocycles. The molecule has 0 bridgehead atoms. The van der Waals surface area contributed by atoms with E-state index in [-0.39, 0.29) is 5.78 Å². The van der Waals surface area contributed by atoms with Crippen LogP contribution in [0, 0.1) is 0 Å². The molecule has 0 amide bonds. The number of aryl methyl sites for hydroxylation is 1. The molecular formula is C25H25BrO2. The molecule has 0 heterocycles. The van der Waals surface area contributed by atoms with Gasteiger partial charge in [0.1, 0.15) is 5.75 Å². The quantitative estimate of drug-likeness (QED) is 0.212. The number of alkyl halides is 1. The molecule has 2 nitrogen and oxygen atoms in total. The number of hydrogen-bond acceptors (Lipinski definition) is 2. The minimum atomic E-state index is 0.0453. The Morgan fingerprint density at radius 1 is 0.893 bits per heavy atom. The number of ether oxygens (including phenoxy) is 1.